The fraction of sp³-hybridized carbons (Fsp3) is 0.333. The molecular weight excluding hydrogens is 392 g/mol. The van der Waals surface area contributed by atoms with E-state index >= 15 is 0 Å². The van der Waals surface area contributed by atoms with Gasteiger partial charge in [-0.2, -0.15) is 0 Å². The largest absolute Gasteiger partial charge is 1.00 e. The second kappa shape index (κ2) is 10.5. The van der Waals surface area contributed by atoms with Crippen LogP contribution >= 0.6 is 0 Å². The predicted molar refractivity (Wildman–Crippen MR) is 100.0 cm³/mol. The Labute approximate surface area is 167 Å². The Bertz CT molecular complexity index is 852. The number of nitrogens with two attached hydrogens (primary N) is 1. The molecule has 27 heavy (non-hydrogen) atoms. The van der Waals surface area contributed by atoms with E-state index in [1.807, 2.05) is 24.3 Å². The van der Waals surface area contributed by atoms with E-state index in [0.717, 1.165) is 0 Å². The number of para-hydroxylation sites is 2. The molecule has 150 valence electrons. The van der Waals surface area contributed by atoms with Crippen LogP contribution in [0.5, 0.6) is 11.5 Å². The summed E-state index contributed by atoms with van der Waals surface area (Å²) in [5.74, 6) is 1.30. The first-order valence-corrected chi connectivity index (χ1v) is 9.65. The molecule has 0 bridgehead atoms. The summed E-state index contributed by atoms with van der Waals surface area (Å²) >= 11 is 0. The lowest BCUT2D eigenvalue weighted by molar-refractivity contribution is -0.0000105. The van der Waals surface area contributed by atoms with Crippen LogP contribution in [0.1, 0.15) is 18.7 Å². The molecule has 0 amide bonds. The third-order valence-corrected chi connectivity index (χ3v) is 4.90. The average Bonchev–Trinajstić information content (AvgIpc) is 2.61. The van der Waals surface area contributed by atoms with Crippen molar-refractivity contribution in [2.45, 2.75) is 17.9 Å². The lowest BCUT2D eigenvalue weighted by Gasteiger charge is -2.15. The molecule has 7 nitrogen and oxygen atoms in total. The molecule has 2 aromatic rings. The van der Waals surface area contributed by atoms with Crippen LogP contribution in [0.15, 0.2) is 47.4 Å². The molecule has 0 aromatic heterocycles. The first-order chi connectivity index (χ1) is 12.3. The molecule has 0 aliphatic rings. The molecule has 0 radical (unpaired) electrons. The zero-order chi connectivity index (χ0) is 19.2. The van der Waals surface area contributed by atoms with Gasteiger partial charge in [0.2, 0.25) is 10.0 Å². The monoisotopic (exact) mass is 416 g/mol. The van der Waals surface area contributed by atoms with Crippen molar-refractivity contribution in [3.8, 4) is 11.5 Å². The number of nitrogens with one attached hydrogen (secondary N) is 1. The van der Waals surface area contributed by atoms with Crippen molar-refractivity contribution in [1.82, 2.24) is 5.32 Å². The summed E-state index contributed by atoms with van der Waals surface area (Å²) in [6.07, 6.45) is -0.859. The van der Waals surface area contributed by atoms with Crippen molar-refractivity contribution in [3.05, 3.63) is 53.6 Å². The summed E-state index contributed by atoms with van der Waals surface area (Å²) in [6, 6.07) is 12.1. The van der Waals surface area contributed by atoms with Crippen molar-refractivity contribution in [2.24, 2.45) is 5.14 Å². The molecule has 0 saturated carbocycles. The second-order valence-corrected chi connectivity index (χ2v) is 7.32. The number of primary sulfonamides is 1. The number of sulfonamides is 1. The van der Waals surface area contributed by atoms with Gasteiger partial charge in [-0.1, -0.05) is 24.3 Å². The number of benzene rings is 2. The Morgan fingerprint density at radius 3 is 2.52 bits per heavy atom. The number of methoxy groups -OCH3 is 1. The minimum Gasteiger partial charge on any atom is -1.00 e. The third-order valence-electron chi connectivity index (χ3n) is 3.85. The number of ether oxygens (including phenoxy) is 2. The van der Waals surface area contributed by atoms with Gasteiger partial charge in [-0.3, -0.25) is 0 Å². The van der Waals surface area contributed by atoms with E-state index < -0.39 is 16.1 Å². The highest BCUT2D eigenvalue weighted by Gasteiger charge is 2.15. The second-order valence-electron chi connectivity index (χ2n) is 5.79. The lowest BCUT2D eigenvalue weighted by Crippen LogP contribution is -3.00. The molecular formula is C18H25ClN2O5S. The summed E-state index contributed by atoms with van der Waals surface area (Å²) in [5.41, 5.74) is 1.03. The molecule has 0 aliphatic carbocycles. The molecule has 1 atom stereocenters. The number of hydrogen-bond acceptors (Lipinski definition) is 6. The van der Waals surface area contributed by atoms with Crippen LogP contribution < -0.4 is 32.3 Å². The number of aliphatic hydroxyl groups excluding tert-OH is 1. The van der Waals surface area contributed by atoms with Crippen LogP contribution in [-0.2, 0) is 10.0 Å². The minimum absolute atomic E-state index is 0. The molecule has 1 unspecified atom stereocenters. The van der Waals surface area contributed by atoms with E-state index in [0.29, 0.717) is 35.8 Å². The standard InChI is InChI=1S/C18H24N2O5S.ClH/c1-13-7-8-14(11-18(13)26(19,22)23)15(21)12-20-9-10-25-17-6-4-3-5-16(17)24-2;/h3-8,11,15,20-21H,9-10,12H2,1-2H3,(H2,19,22,23);1H. The van der Waals surface area contributed by atoms with Gasteiger partial charge in [0.05, 0.1) is 18.1 Å². The Hall–Kier alpha value is -1.84. The van der Waals surface area contributed by atoms with Gasteiger partial charge in [0.15, 0.2) is 11.5 Å². The summed E-state index contributed by atoms with van der Waals surface area (Å²) in [4.78, 5) is 0.0218. The maximum Gasteiger partial charge on any atom is 1.00 e. The van der Waals surface area contributed by atoms with Crippen molar-refractivity contribution in [2.75, 3.05) is 26.8 Å². The molecule has 2 aromatic carbocycles. The fourth-order valence-electron chi connectivity index (χ4n) is 2.46. The van der Waals surface area contributed by atoms with Gasteiger partial charge >= 0.3 is 1.43 Å². The summed E-state index contributed by atoms with van der Waals surface area (Å²) < 4.78 is 34.0. The summed E-state index contributed by atoms with van der Waals surface area (Å²) in [7, 11) is -2.24. The normalized spacial score (nSPS) is 12.1. The number of hydrogen-bond donors (Lipinski definition) is 3. The molecule has 0 saturated heterocycles. The van der Waals surface area contributed by atoms with Gasteiger partial charge in [-0.25, -0.2) is 13.6 Å². The average molecular weight is 417 g/mol. The molecule has 2 rings (SSSR count). The van der Waals surface area contributed by atoms with Crippen molar-refractivity contribution in [3.63, 3.8) is 0 Å². The maximum absolute atomic E-state index is 11.6. The van der Waals surface area contributed by atoms with Gasteiger partial charge in [-0.05, 0) is 36.2 Å². The van der Waals surface area contributed by atoms with Crippen LogP contribution in [0.4, 0.5) is 0 Å². The lowest BCUT2D eigenvalue weighted by atomic mass is 10.1. The van der Waals surface area contributed by atoms with Gasteiger partial charge in [0.25, 0.3) is 0 Å². The van der Waals surface area contributed by atoms with E-state index in [1.165, 1.54) is 6.07 Å². The highest BCUT2D eigenvalue weighted by Crippen LogP contribution is 2.25. The number of halogens is 1. The van der Waals surface area contributed by atoms with Crippen molar-refractivity contribution in [1.29, 1.82) is 0 Å². The number of rotatable bonds is 9. The van der Waals surface area contributed by atoms with Crippen molar-refractivity contribution >= 4 is 10.0 Å². The molecule has 0 aliphatic heterocycles. The Morgan fingerprint density at radius 2 is 1.89 bits per heavy atom. The fourth-order valence-corrected chi connectivity index (χ4v) is 3.28. The van der Waals surface area contributed by atoms with E-state index in [-0.39, 0.29) is 25.3 Å². The van der Waals surface area contributed by atoms with E-state index in [2.05, 4.69) is 5.32 Å². The predicted octanol–water partition coefficient (Wildman–Crippen LogP) is -1.53. The number of aliphatic hydroxyl groups is 1. The first kappa shape index (κ1) is 23.2. The van der Waals surface area contributed by atoms with Crippen LogP contribution in [-0.4, -0.2) is 40.3 Å². The first-order valence-electron chi connectivity index (χ1n) is 8.11. The van der Waals surface area contributed by atoms with Gasteiger partial charge in [0.1, 0.15) is 6.61 Å². The van der Waals surface area contributed by atoms with Crippen LogP contribution in [0.25, 0.3) is 0 Å². The summed E-state index contributed by atoms with van der Waals surface area (Å²) in [6.45, 7) is 2.80. The van der Waals surface area contributed by atoms with E-state index in [4.69, 9.17) is 14.6 Å². The van der Waals surface area contributed by atoms with Gasteiger partial charge < -0.3 is 32.3 Å². The Balaban J connectivity index is 0.00000364. The smallest absolute Gasteiger partial charge is 1.00 e. The Morgan fingerprint density at radius 1 is 1.22 bits per heavy atom. The van der Waals surface area contributed by atoms with Crippen LogP contribution in [0.2, 0.25) is 0 Å². The number of aryl methyl sites for hydroxylation is 1. The topological polar surface area (TPSA) is 111 Å². The SMILES string of the molecule is COc1ccccc1OCCNCC(O)c1ccc(C)c(S(N)(=O)=O)c1.[Cl-].[H+]. The zero-order valence-corrected chi connectivity index (χ0v) is 16.8. The van der Waals surface area contributed by atoms with Crippen LogP contribution in [0, 0.1) is 6.92 Å². The Kier molecular flexibility index (Phi) is 9.01. The molecule has 0 fully saturated rings. The van der Waals surface area contributed by atoms with Gasteiger partial charge in [-0.15, -0.1) is 0 Å². The highest BCUT2D eigenvalue weighted by atomic mass is 35.5. The molecule has 4 N–H and O–H groups in total. The van der Waals surface area contributed by atoms with E-state index in [1.54, 1.807) is 26.2 Å². The van der Waals surface area contributed by atoms with Crippen LogP contribution in [0.3, 0.4) is 0 Å². The molecule has 0 heterocycles. The maximum atomic E-state index is 11.6. The van der Waals surface area contributed by atoms with E-state index in [9.17, 15) is 13.5 Å². The van der Waals surface area contributed by atoms with Crippen molar-refractivity contribution < 1.29 is 36.8 Å². The molecule has 9 heteroatoms. The quantitative estimate of drug-likeness (QED) is 0.428. The summed E-state index contributed by atoms with van der Waals surface area (Å²) in [5, 5.41) is 18.5. The minimum atomic E-state index is -3.82. The zero-order valence-electron chi connectivity index (χ0n) is 16.2. The molecule has 0 spiro atoms. The van der Waals surface area contributed by atoms with Gasteiger partial charge in [0, 0.05) is 13.1 Å². The third kappa shape index (κ3) is 6.67. The highest BCUT2D eigenvalue weighted by molar-refractivity contribution is 7.89.